The van der Waals surface area contributed by atoms with Gasteiger partial charge >= 0.3 is 0 Å². The number of hydrogen-bond donors (Lipinski definition) is 1. The minimum absolute atomic E-state index is 0.0658. The number of carbonyl (C=O) groups is 1. The van der Waals surface area contributed by atoms with Gasteiger partial charge in [-0.3, -0.25) is 9.59 Å². The number of benzene rings is 2. The molecule has 3 aromatic heterocycles. The van der Waals surface area contributed by atoms with Crippen LogP contribution < -0.4 is 20.2 Å². The maximum absolute atomic E-state index is 13.4. The van der Waals surface area contributed by atoms with Crippen LogP contribution in [-0.2, 0) is 17.9 Å². The van der Waals surface area contributed by atoms with Gasteiger partial charge in [-0.1, -0.05) is 35.0 Å². The smallest absolute Gasteiger partial charge is 0.263 e. The molecule has 10 heteroatoms. The van der Waals surface area contributed by atoms with E-state index in [2.05, 4.69) is 20.4 Å². The van der Waals surface area contributed by atoms with E-state index in [0.717, 1.165) is 22.4 Å². The monoisotopic (exact) mass is 509 g/mol. The first-order chi connectivity index (χ1) is 18.4. The van der Waals surface area contributed by atoms with Crippen molar-refractivity contribution in [1.29, 1.82) is 0 Å². The minimum atomic E-state index is -0.302. The largest absolute Gasteiger partial charge is 0.454 e. The molecule has 1 aliphatic heterocycles. The van der Waals surface area contributed by atoms with Crippen LogP contribution in [0.3, 0.4) is 0 Å². The average Bonchev–Trinajstić information content (AvgIpc) is 3.59. The predicted molar refractivity (Wildman–Crippen MR) is 139 cm³/mol. The van der Waals surface area contributed by atoms with Gasteiger partial charge in [0.15, 0.2) is 11.5 Å². The van der Waals surface area contributed by atoms with E-state index in [1.807, 2.05) is 56.3 Å². The van der Waals surface area contributed by atoms with Crippen molar-refractivity contribution in [2.24, 2.45) is 0 Å². The predicted octanol–water partition coefficient (Wildman–Crippen LogP) is 3.78. The molecule has 1 N–H and O–H groups in total. The number of ether oxygens (including phenoxy) is 2. The van der Waals surface area contributed by atoms with Crippen molar-refractivity contribution in [2.45, 2.75) is 26.9 Å². The lowest BCUT2D eigenvalue weighted by atomic mass is 10.1. The summed E-state index contributed by atoms with van der Waals surface area (Å²) in [6.45, 7) is 4.22. The summed E-state index contributed by atoms with van der Waals surface area (Å²) in [4.78, 5) is 35.3. The summed E-state index contributed by atoms with van der Waals surface area (Å²) < 4.78 is 17.9. The number of rotatable bonds is 6. The second-order valence-corrected chi connectivity index (χ2v) is 9.08. The summed E-state index contributed by atoms with van der Waals surface area (Å²) in [5.41, 5.74) is 3.71. The first-order valence-electron chi connectivity index (χ1n) is 12.0. The van der Waals surface area contributed by atoms with Gasteiger partial charge in [-0.15, -0.1) is 0 Å². The fourth-order valence-electron chi connectivity index (χ4n) is 4.33. The van der Waals surface area contributed by atoms with Gasteiger partial charge in [0, 0.05) is 24.0 Å². The molecule has 0 radical (unpaired) electrons. The lowest BCUT2D eigenvalue weighted by molar-refractivity contribution is -0.121. The topological polar surface area (TPSA) is 121 Å². The van der Waals surface area contributed by atoms with Gasteiger partial charge in [0.05, 0.1) is 5.39 Å². The molecule has 0 saturated heterocycles. The minimum Gasteiger partial charge on any atom is -0.454 e. The number of aryl methyl sites for hydroxylation is 2. The van der Waals surface area contributed by atoms with Crippen molar-refractivity contribution in [3.05, 3.63) is 87.8 Å². The first kappa shape index (κ1) is 23.4. The molecule has 2 aromatic carbocycles. The van der Waals surface area contributed by atoms with Crippen LogP contribution in [0.4, 0.5) is 0 Å². The van der Waals surface area contributed by atoms with Gasteiger partial charge in [0.2, 0.25) is 24.0 Å². The number of amides is 1. The number of nitrogens with zero attached hydrogens (tertiary/aromatic N) is 4. The molecule has 0 spiro atoms. The highest BCUT2D eigenvalue weighted by Crippen LogP contribution is 2.32. The SMILES string of the molecule is Cc1cccc(-c2noc(-c3cn(CC(=O)NCc4ccc5c(c4)OCO5)c4nc(C)ccc4c3=O)n2)c1. The first-order valence-corrected chi connectivity index (χ1v) is 12.0. The third-order valence-electron chi connectivity index (χ3n) is 6.23. The van der Waals surface area contributed by atoms with E-state index >= 15 is 0 Å². The summed E-state index contributed by atoms with van der Waals surface area (Å²) >= 11 is 0. The molecule has 0 unspecified atom stereocenters. The Morgan fingerprint density at radius 1 is 1.03 bits per heavy atom. The second kappa shape index (κ2) is 9.47. The third kappa shape index (κ3) is 4.47. The van der Waals surface area contributed by atoms with Crippen molar-refractivity contribution < 1.29 is 18.8 Å². The van der Waals surface area contributed by atoms with Gasteiger partial charge in [0.25, 0.3) is 5.89 Å². The van der Waals surface area contributed by atoms with Crippen molar-refractivity contribution >= 4 is 16.9 Å². The van der Waals surface area contributed by atoms with Gasteiger partial charge in [0.1, 0.15) is 17.8 Å². The third-order valence-corrected chi connectivity index (χ3v) is 6.23. The van der Waals surface area contributed by atoms with Crippen LogP contribution in [0, 0.1) is 13.8 Å². The van der Waals surface area contributed by atoms with Crippen molar-refractivity contribution in [3.8, 4) is 34.3 Å². The highest BCUT2D eigenvalue weighted by atomic mass is 16.7. The van der Waals surface area contributed by atoms with Gasteiger partial charge in [-0.05, 0) is 49.7 Å². The van der Waals surface area contributed by atoms with E-state index in [0.29, 0.717) is 34.9 Å². The summed E-state index contributed by atoms with van der Waals surface area (Å²) in [7, 11) is 0. The number of pyridine rings is 2. The van der Waals surface area contributed by atoms with Crippen LogP contribution in [0.1, 0.15) is 16.8 Å². The molecular weight excluding hydrogens is 486 g/mol. The zero-order valence-corrected chi connectivity index (χ0v) is 20.7. The maximum Gasteiger partial charge on any atom is 0.263 e. The average molecular weight is 510 g/mol. The lowest BCUT2D eigenvalue weighted by Crippen LogP contribution is -2.28. The summed E-state index contributed by atoms with van der Waals surface area (Å²) in [5.74, 6) is 1.52. The molecule has 5 aromatic rings. The van der Waals surface area contributed by atoms with Gasteiger partial charge < -0.3 is 23.9 Å². The fourth-order valence-corrected chi connectivity index (χ4v) is 4.33. The van der Waals surface area contributed by atoms with E-state index in [9.17, 15) is 9.59 Å². The van der Waals surface area contributed by atoms with Crippen molar-refractivity contribution in [1.82, 2.24) is 25.0 Å². The number of nitrogens with one attached hydrogen (secondary N) is 1. The van der Waals surface area contributed by atoms with Crippen LogP contribution in [0.15, 0.2) is 70.1 Å². The molecule has 0 fully saturated rings. The molecule has 0 saturated carbocycles. The highest BCUT2D eigenvalue weighted by molar-refractivity contribution is 5.83. The van der Waals surface area contributed by atoms with E-state index in [4.69, 9.17) is 14.0 Å². The van der Waals surface area contributed by atoms with E-state index in [1.54, 1.807) is 22.9 Å². The fraction of sp³-hybridized carbons (Fsp3) is 0.179. The number of aromatic nitrogens is 4. The maximum atomic E-state index is 13.4. The second-order valence-electron chi connectivity index (χ2n) is 9.08. The van der Waals surface area contributed by atoms with E-state index in [1.165, 1.54) is 0 Å². The standard InChI is InChI=1S/C28H23N5O5/c1-16-4-3-5-19(10-16)26-31-28(38-32-26)21-13-33(27-20(25(21)35)8-6-17(2)30-27)14-24(34)29-12-18-7-9-22-23(11-18)37-15-36-22/h3-11,13H,12,14-15H2,1-2H3,(H,29,34). The van der Waals surface area contributed by atoms with Gasteiger partial charge in [-0.2, -0.15) is 4.98 Å². The molecule has 6 rings (SSSR count). The Kier molecular flexibility index (Phi) is 5.83. The van der Waals surface area contributed by atoms with E-state index < -0.39 is 0 Å². The molecule has 0 atom stereocenters. The Bertz CT molecular complexity index is 1760. The molecule has 190 valence electrons. The molecule has 0 bridgehead atoms. The van der Waals surface area contributed by atoms with Crippen molar-refractivity contribution in [2.75, 3.05) is 6.79 Å². The molecule has 1 aliphatic rings. The zero-order chi connectivity index (χ0) is 26.2. The normalized spacial score (nSPS) is 12.2. The molecular formula is C28H23N5O5. The summed E-state index contributed by atoms with van der Waals surface area (Å²) in [5, 5.41) is 7.33. The van der Waals surface area contributed by atoms with Crippen LogP contribution in [0.5, 0.6) is 11.5 Å². The summed E-state index contributed by atoms with van der Waals surface area (Å²) in [6, 6.07) is 16.6. The molecule has 10 nitrogen and oxygen atoms in total. The molecule has 38 heavy (non-hydrogen) atoms. The lowest BCUT2D eigenvalue weighted by Gasteiger charge is -2.12. The Morgan fingerprint density at radius 3 is 2.76 bits per heavy atom. The Hall–Kier alpha value is -4.99. The molecule has 0 aliphatic carbocycles. The Morgan fingerprint density at radius 2 is 1.89 bits per heavy atom. The van der Waals surface area contributed by atoms with Crippen LogP contribution in [0.2, 0.25) is 0 Å². The molecule has 4 heterocycles. The highest BCUT2D eigenvalue weighted by Gasteiger charge is 2.19. The summed E-state index contributed by atoms with van der Waals surface area (Å²) in [6.07, 6.45) is 1.55. The molecule has 1 amide bonds. The number of hydrogen-bond acceptors (Lipinski definition) is 8. The van der Waals surface area contributed by atoms with Crippen LogP contribution in [0.25, 0.3) is 33.9 Å². The van der Waals surface area contributed by atoms with Gasteiger partial charge in [-0.25, -0.2) is 4.98 Å². The van der Waals surface area contributed by atoms with Crippen LogP contribution in [-0.4, -0.2) is 32.4 Å². The van der Waals surface area contributed by atoms with Crippen molar-refractivity contribution in [3.63, 3.8) is 0 Å². The Labute approximate surface area is 216 Å². The number of carbonyl (C=O) groups excluding carboxylic acids is 1. The quantitative estimate of drug-likeness (QED) is 0.367. The van der Waals surface area contributed by atoms with Crippen LogP contribution >= 0.6 is 0 Å². The Balaban J connectivity index is 1.31. The zero-order valence-electron chi connectivity index (χ0n) is 20.7. The number of fused-ring (bicyclic) bond motifs is 2. The van der Waals surface area contributed by atoms with E-state index in [-0.39, 0.29) is 36.1 Å².